The van der Waals surface area contributed by atoms with Crippen LogP contribution in [0.3, 0.4) is 0 Å². The average Bonchev–Trinajstić information content (AvgIpc) is 3.09. The van der Waals surface area contributed by atoms with Crippen LogP contribution in [0.5, 0.6) is 0 Å². The second kappa shape index (κ2) is 8.31. The molecule has 138 valence electrons. The number of thioether (sulfide) groups is 1. The van der Waals surface area contributed by atoms with Crippen molar-refractivity contribution in [3.63, 3.8) is 0 Å². The molecular formula is C17H13BrN4O4S. The van der Waals surface area contributed by atoms with E-state index in [1.807, 2.05) is 24.3 Å². The van der Waals surface area contributed by atoms with Crippen LogP contribution in [0.1, 0.15) is 12.5 Å². The minimum atomic E-state index is -0.547. The zero-order valence-electron chi connectivity index (χ0n) is 14.0. The van der Waals surface area contributed by atoms with Crippen LogP contribution in [-0.4, -0.2) is 21.0 Å². The van der Waals surface area contributed by atoms with Crippen molar-refractivity contribution in [1.29, 1.82) is 0 Å². The Bertz CT molecular complexity index is 991. The fourth-order valence-electron chi connectivity index (χ4n) is 2.23. The molecule has 3 rings (SSSR count). The summed E-state index contributed by atoms with van der Waals surface area (Å²) in [4.78, 5) is 21.8. The van der Waals surface area contributed by atoms with Crippen molar-refractivity contribution in [2.24, 2.45) is 0 Å². The monoisotopic (exact) mass is 448 g/mol. The molecule has 1 aromatic heterocycles. The Morgan fingerprint density at radius 2 is 2.00 bits per heavy atom. The molecule has 0 fully saturated rings. The summed E-state index contributed by atoms with van der Waals surface area (Å²) in [6.45, 7) is 1.32. The standard InChI is InChI=1S/C17H13BrN4O4S/c1-10(23)19-14-6-12(7-15(8-14)22(24)25)16-20-21-17(26-16)27-9-11-2-4-13(18)5-3-11/h2-8H,9H2,1H3,(H,19,23). The minimum absolute atomic E-state index is 0.142. The number of nitro benzene ring substituents is 1. The molecule has 0 bridgehead atoms. The Hall–Kier alpha value is -2.72. The van der Waals surface area contributed by atoms with Crippen LogP contribution in [0.15, 0.2) is 56.6 Å². The number of nitrogens with one attached hydrogen (secondary N) is 1. The molecule has 1 amide bonds. The number of anilines is 1. The molecule has 2 aromatic carbocycles. The molecule has 27 heavy (non-hydrogen) atoms. The number of benzene rings is 2. The molecule has 0 spiro atoms. The van der Waals surface area contributed by atoms with Gasteiger partial charge in [0.25, 0.3) is 10.9 Å². The molecule has 0 saturated carbocycles. The van der Waals surface area contributed by atoms with Crippen molar-refractivity contribution in [1.82, 2.24) is 10.2 Å². The van der Waals surface area contributed by atoms with Crippen molar-refractivity contribution in [2.75, 3.05) is 5.32 Å². The number of aromatic nitrogens is 2. The quantitative estimate of drug-likeness (QED) is 0.331. The highest BCUT2D eigenvalue weighted by Gasteiger charge is 2.16. The summed E-state index contributed by atoms with van der Waals surface area (Å²) in [6.07, 6.45) is 0. The molecule has 0 saturated heterocycles. The van der Waals surface area contributed by atoms with E-state index in [1.165, 1.54) is 30.8 Å². The van der Waals surface area contributed by atoms with Gasteiger partial charge in [0.15, 0.2) is 0 Å². The van der Waals surface area contributed by atoms with Crippen molar-refractivity contribution in [3.05, 3.63) is 62.6 Å². The molecule has 0 atom stereocenters. The van der Waals surface area contributed by atoms with E-state index in [2.05, 4.69) is 31.4 Å². The van der Waals surface area contributed by atoms with Gasteiger partial charge < -0.3 is 9.73 Å². The fourth-order valence-corrected chi connectivity index (χ4v) is 3.21. The summed E-state index contributed by atoms with van der Waals surface area (Å²) >= 11 is 4.75. The molecular weight excluding hydrogens is 436 g/mol. The molecule has 10 heteroatoms. The molecule has 0 aliphatic rings. The van der Waals surface area contributed by atoms with Gasteiger partial charge in [-0.15, -0.1) is 10.2 Å². The number of carbonyl (C=O) groups is 1. The van der Waals surface area contributed by atoms with Gasteiger partial charge in [-0.05, 0) is 23.8 Å². The van der Waals surface area contributed by atoms with Gasteiger partial charge in [-0.1, -0.05) is 39.8 Å². The molecule has 1 N–H and O–H groups in total. The lowest BCUT2D eigenvalue weighted by Gasteiger charge is -2.04. The molecule has 0 aliphatic carbocycles. The van der Waals surface area contributed by atoms with E-state index in [4.69, 9.17) is 4.42 Å². The lowest BCUT2D eigenvalue weighted by Crippen LogP contribution is -2.06. The number of halogens is 1. The second-order valence-electron chi connectivity index (χ2n) is 5.50. The van der Waals surface area contributed by atoms with Crippen molar-refractivity contribution in [2.45, 2.75) is 17.9 Å². The van der Waals surface area contributed by atoms with Gasteiger partial charge in [0, 0.05) is 40.5 Å². The first kappa shape index (κ1) is 19.1. The Kier molecular flexibility index (Phi) is 5.87. The third kappa shape index (κ3) is 5.14. The fraction of sp³-hybridized carbons (Fsp3) is 0.118. The number of amides is 1. The van der Waals surface area contributed by atoms with E-state index in [1.54, 1.807) is 6.07 Å². The first-order chi connectivity index (χ1) is 12.9. The maximum atomic E-state index is 11.2. The van der Waals surface area contributed by atoms with Gasteiger partial charge in [-0.3, -0.25) is 14.9 Å². The molecule has 3 aromatic rings. The van der Waals surface area contributed by atoms with E-state index in [0.717, 1.165) is 10.0 Å². The summed E-state index contributed by atoms with van der Waals surface area (Å²) < 4.78 is 6.60. The maximum Gasteiger partial charge on any atom is 0.277 e. The number of nitro groups is 1. The van der Waals surface area contributed by atoms with E-state index in [-0.39, 0.29) is 23.2 Å². The number of nitrogens with zero attached hydrogens (tertiary/aromatic N) is 3. The molecule has 1 heterocycles. The lowest BCUT2D eigenvalue weighted by molar-refractivity contribution is -0.384. The number of non-ortho nitro benzene ring substituents is 1. The normalized spacial score (nSPS) is 10.6. The van der Waals surface area contributed by atoms with Crippen molar-refractivity contribution >= 4 is 45.0 Å². The smallest absolute Gasteiger partial charge is 0.277 e. The van der Waals surface area contributed by atoms with Crippen LogP contribution in [0, 0.1) is 10.1 Å². The summed E-state index contributed by atoms with van der Waals surface area (Å²) in [7, 11) is 0. The van der Waals surface area contributed by atoms with Gasteiger partial charge in [0.05, 0.1) is 4.92 Å². The zero-order valence-corrected chi connectivity index (χ0v) is 16.4. The first-order valence-electron chi connectivity index (χ1n) is 7.69. The van der Waals surface area contributed by atoms with Gasteiger partial charge >= 0.3 is 0 Å². The minimum Gasteiger partial charge on any atom is -0.411 e. The van der Waals surface area contributed by atoms with Crippen molar-refractivity contribution < 1.29 is 14.1 Å². The number of hydrogen-bond acceptors (Lipinski definition) is 7. The van der Waals surface area contributed by atoms with Crippen LogP contribution in [0.4, 0.5) is 11.4 Å². The topological polar surface area (TPSA) is 111 Å². The highest BCUT2D eigenvalue weighted by atomic mass is 79.9. The predicted octanol–water partition coefficient (Wildman–Crippen LogP) is 4.66. The summed E-state index contributed by atoms with van der Waals surface area (Å²) in [6, 6.07) is 12.0. The third-order valence-electron chi connectivity index (χ3n) is 3.38. The molecule has 8 nitrogen and oxygen atoms in total. The third-order valence-corrected chi connectivity index (χ3v) is 4.80. The van der Waals surface area contributed by atoms with Crippen LogP contribution >= 0.6 is 27.7 Å². The van der Waals surface area contributed by atoms with Gasteiger partial charge in [0.2, 0.25) is 11.8 Å². The van der Waals surface area contributed by atoms with Crippen LogP contribution < -0.4 is 5.32 Å². The number of carbonyl (C=O) groups excluding carboxylic acids is 1. The summed E-state index contributed by atoms with van der Waals surface area (Å²) in [5.74, 6) is 0.447. The number of hydrogen-bond donors (Lipinski definition) is 1. The van der Waals surface area contributed by atoms with Gasteiger partial charge in [-0.25, -0.2) is 0 Å². The van der Waals surface area contributed by atoms with Crippen LogP contribution in [0.2, 0.25) is 0 Å². The highest BCUT2D eigenvalue weighted by molar-refractivity contribution is 9.10. The van der Waals surface area contributed by atoms with E-state index < -0.39 is 4.92 Å². The van der Waals surface area contributed by atoms with E-state index in [9.17, 15) is 14.9 Å². The summed E-state index contributed by atoms with van der Waals surface area (Å²) in [5, 5.41) is 21.9. The van der Waals surface area contributed by atoms with Crippen LogP contribution in [0.25, 0.3) is 11.5 Å². The maximum absolute atomic E-state index is 11.2. The SMILES string of the molecule is CC(=O)Nc1cc(-c2nnc(SCc3ccc(Br)cc3)o2)cc([N+](=O)[O-])c1. The van der Waals surface area contributed by atoms with E-state index >= 15 is 0 Å². The lowest BCUT2D eigenvalue weighted by atomic mass is 10.1. The highest BCUT2D eigenvalue weighted by Crippen LogP contribution is 2.30. The zero-order chi connectivity index (χ0) is 19.4. The van der Waals surface area contributed by atoms with Gasteiger partial charge in [0.1, 0.15) is 0 Å². The Labute approximate surface area is 166 Å². The predicted molar refractivity (Wildman–Crippen MR) is 104 cm³/mol. The van der Waals surface area contributed by atoms with E-state index in [0.29, 0.717) is 16.5 Å². The Morgan fingerprint density at radius 3 is 2.67 bits per heavy atom. The van der Waals surface area contributed by atoms with Crippen molar-refractivity contribution in [3.8, 4) is 11.5 Å². The van der Waals surface area contributed by atoms with Gasteiger partial charge in [-0.2, -0.15) is 0 Å². The molecule has 0 unspecified atom stereocenters. The number of rotatable bonds is 6. The molecule has 0 aliphatic heterocycles. The Balaban J connectivity index is 1.80. The Morgan fingerprint density at radius 1 is 1.26 bits per heavy atom. The average molecular weight is 449 g/mol. The summed E-state index contributed by atoms with van der Waals surface area (Å²) in [5.41, 5.74) is 1.55. The first-order valence-corrected chi connectivity index (χ1v) is 9.47. The second-order valence-corrected chi connectivity index (χ2v) is 7.34. The molecule has 0 radical (unpaired) electrons. The largest absolute Gasteiger partial charge is 0.411 e. The van der Waals surface area contributed by atoms with Crippen LogP contribution in [-0.2, 0) is 10.5 Å².